The largest absolute Gasteiger partial charge is 0.345 e. The first-order valence-electron chi connectivity index (χ1n) is 7.47. The molecule has 1 aromatic heterocycles. The summed E-state index contributed by atoms with van der Waals surface area (Å²) in [5.74, 6) is 1.47. The Morgan fingerprint density at radius 1 is 1.35 bits per heavy atom. The molecule has 3 rings (SSSR count). The lowest BCUT2D eigenvalue weighted by Crippen LogP contribution is -2.50. The second-order valence-electron chi connectivity index (χ2n) is 5.94. The van der Waals surface area contributed by atoms with Crippen LogP contribution in [0.5, 0.6) is 0 Å². The molecule has 2 fully saturated rings. The van der Waals surface area contributed by atoms with E-state index in [1.165, 1.54) is 18.0 Å². The minimum absolute atomic E-state index is 0.291. The number of carbonyl (C=O) groups excluding carboxylic acids is 1. The van der Waals surface area contributed by atoms with Crippen molar-refractivity contribution in [3.8, 4) is 0 Å². The number of likely N-dealkylation sites (N-methyl/N-ethyl adjacent to an activating group) is 1. The Balaban J connectivity index is 1.63. The van der Waals surface area contributed by atoms with Crippen molar-refractivity contribution >= 4 is 22.6 Å². The number of hydrogen-bond donors (Lipinski definition) is 0. The Kier molecular flexibility index (Phi) is 3.92. The molecule has 0 radical (unpaired) electrons. The zero-order valence-corrected chi connectivity index (χ0v) is 13.0. The maximum atomic E-state index is 12.4. The van der Waals surface area contributed by atoms with Gasteiger partial charge in [-0.25, -0.2) is 4.98 Å². The van der Waals surface area contributed by atoms with Crippen molar-refractivity contribution in [1.82, 2.24) is 14.3 Å². The van der Waals surface area contributed by atoms with Crippen molar-refractivity contribution in [1.29, 1.82) is 0 Å². The van der Waals surface area contributed by atoms with Crippen LogP contribution in [0, 0.1) is 12.8 Å². The number of amides is 1. The minimum Gasteiger partial charge on any atom is -0.345 e. The lowest BCUT2D eigenvalue weighted by molar-refractivity contribution is -0.139. The van der Waals surface area contributed by atoms with Gasteiger partial charge in [-0.3, -0.25) is 4.79 Å². The fourth-order valence-corrected chi connectivity index (χ4v) is 3.69. The molecule has 110 valence electrons. The molecule has 1 aliphatic heterocycles. The molecule has 1 atom stereocenters. The minimum atomic E-state index is 0.291. The van der Waals surface area contributed by atoms with E-state index in [4.69, 9.17) is 0 Å². The van der Waals surface area contributed by atoms with Crippen molar-refractivity contribution in [2.75, 3.05) is 25.0 Å². The fourth-order valence-electron chi connectivity index (χ4n) is 2.98. The number of nitrogens with zero attached hydrogens (tertiary/aromatic N) is 4. The van der Waals surface area contributed by atoms with E-state index in [-0.39, 0.29) is 0 Å². The van der Waals surface area contributed by atoms with Crippen LogP contribution >= 0.6 is 11.5 Å². The van der Waals surface area contributed by atoms with Gasteiger partial charge in [0.2, 0.25) is 11.0 Å². The van der Waals surface area contributed by atoms with Crippen LogP contribution in [-0.2, 0) is 4.79 Å². The standard InChI is InChI=1S/C14H22N4OS/c1-10-15-14(20-16-10)18-8-4-7-12(9-18)17(2)13(19)11-5-3-6-11/h11-12H,3-9H2,1-2H3. The molecule has 1 aromatic rings. The van der Waals surface area contributed by atoms with Gasteiger partial charge in [0.15, 0.2) is 0 Å². The van der Waals surface area contributed by atoms with Gasteiger partial charge in [-0.15, -0.1) is 0 Å². The number of aryl methyl sites for hydroxylation is 1. The summed E-state index contributed by atoms with van der Waals surface area (Å²) in [5.41, 5.74) is 0. The maximum Gasteiger partial charge on any atom is 0.225 e. The lowest BCUT2D eigenvalue weighted by atomic mass is 9.84. The summed E-state index contributed by atoms with van der Waals surface area (Å²) in [7, 11) is 1.97. The molecule has 1 amide bonds. The smallest absolute Gasteiger partial charge is 0.225 e. The Hall–Kier alpha value is -1.17. The summed E-state index contributed by atoms with van der Waals surface area (Å²) in [6.07, 6.45) is 5.59. The van der Waals surface area contributed by atoms with Crippen LogP contribution in [0.25, 0.3) is 0 Å². The number of aromatic nitrogens is 2. The van der Waals surface area contributed by atoms with Crippen LogP contribution < -0.4 is 4.90 Å². The first-order valence-corrected chi connectivity index (χ1v) is 8.24. The van der Waals surface area contributed by atoms with Crippen molar-refractivity contribution in [2.45, 2.75) is 45.1 Å². The van der Waals surface area contributed by atoms with Crippen LogP contribution in [0.4, 0.5) is 5.13 Å². The van der Waals surface area contributed by atoms with Crippen LogP contribution in [0.3, 0.4) is 0 Å². The third-order valence-electron chi connectivity index (χ3n) is 4.53. The second-order valence-corrected chi connectivity index (χ2v) is 6.67. The highest BCUT2D eigenvalue weighted by Gasteiger charge is 2.33. The van der Waals surface area contributed by atoms with Crippen LogP contribution in [-0.4, -0.2) is 46.3 Å². The van der Waals surface area contributed by atoms with Crippen LogP contribution in [0.1, 0.15) is 37.9 Å². The van der Waals surface area contributed by atoms with Gasteiger partial charge in [0.05, 0.1) is 0 Å². The van der Waals surface area contributed by atoms with Crippen LogP contribution in [0.15, 0.2) is 0 Å². The number of rotatable bonds is 3. The summed E-state index contributed by atoms with van der Waals surface area (Å²) in [4.78, 5) is 21.1. The molecule has 1 saturated heterocycles. The van der Waals surface area contributed by atoms with Gasteiger partial charge in [0.1, 0.15) is 5.82 Å². The van der Waals surface area contributed by atoms with Gasteiger partial charge in [0.25, 0.3) is 0 Å². The summed E-state index contributed by atoms with van der Waals surface area (Å²) >= 11 is 1.46. The Morgan fingerprint density at radius 3 is 2.75 bits per heavy atom. The predicted molar refractivity (Wildman–Crippen MR) is 80.0 cm³/mol. The highest BCUT2D eigenvalue weighted by molar-refractivity contribution is 7.09. The number of hydrogen-bond acceptors (Lipinski definition) is 5. The zero-order chi connectivity index (χ0) is 14.1. The molecule has 0 bridgehead atoms. The number of piperidine rings is 1. The van der Waals surface area contributed by atoms with Gasteiger partial charge in [-0.2, -0.15) is 4.37 Å². The van der Waals surface area contributed by atoms with Gasteiger partial charge in [-0.1, -0.05) is 6.42 Å². The molecule has 2 aliphatic rings. The molecule has 0 aromatic carbocycles. The Bertz CT molecular complexity index is 485. The van der Waals surface area contributed by atoms with Crippen molar-refractivity contribution in [2.24, 2.45) is 5.92 Å². The maximum absolute atomic E-state index is 12.4. The third-order valence-corrected chi connectivity index (χ3v) is 5.40. The molecular formula is C14H22N4OS. The second kappa shape index (κ2) is 5.68. The van der Waals surface area contributed by atoms with Crippen molar-refractivity contribution < 1.29 is 4.79 Å². The van der Waals surface area contributed by atoms with E-state index in [1.807, 2.05) is 18.9 Å². The quantitative estimate of drug-likeness (QED) is 0.856. The van der Waals surface area contributed by atoms with E-state index in [0.717, 1.165) is 49.7 Å². The normalized spacial score (nSPS) is 23.5. The zero-order valence-electron chi connectivity index (χ0n) is 12.2. The lowest BCUT2D eigenvalue weighted by Gasteiger charge is -2.39. The van der Waals surface area contributed by atoms with Gasteiger partial charge in [-0.05, 0) is 32.6 Å². The van der Waals surface area contributed by atoms with Gasteiger partial charge >= 0.3 is 0 Å². The van der Waals surface area contributed by atoms with E-state index in [1.54, 1.807) is 0 Å². The number of carbonyl (C=O) groups is 1. The summed E-state index contributed by atoms with van der Waals surface area (Å²) in [6.45, 7) is 3.84. The van der Waals surface area contributed by atoms with E-state index in [9.17, 15) is 4.79 Å². The van der Waals surface area contributed by atoms with Gasteiger partial charge < -0.3 is 9.80 Å². The van der Waals surface area contributed by atoms with Crippen molar-refractivity contribution in [3.05, 3.63) is 5.82 Å². The highest BCUT2D eigenvalue weighted by Crippen LogP contribution is 2.30. The molecule has 1 saturated carbocycles. The van der Waals surface area contributed by atoms with Gasteiger partial charge in [0, 0.05) is 43.6 Å². The van der Waals surface area contributed by atoms with Crippen LogP contribution in [0.2, 0.25) is 0 Å². The molecule has 20 heavy (non-hydrogen) atoms. The van der Waals surface area contributed by atoms with E-state index in [2.05, 4.69) is 14.3 Å². The molecule has 0 spiro atoms. The fraction of sp³-hybridized carbons (Fsp3) is 0.786. The molecule has 1 aliphatic carbocycles. The summed E-state index contributed by atoms with van der Waals surface area (Å²) in [6, 6.07) is 0.320. The summed E-state index contributed by atoms with van der Waals surface area (Å²) in [5, 5.41) is 0.997. The Morgan fingerprint density at radius 2 is 2.15 bits per heavy atom. The monoisotopic (exact) mass is 294 g/mol. The topological polar surface area (TPSA) is 49.3 Å². The van der Waals surface area contributed by atoms with E-state index < -0.39 is 0 Å². The molecular weight excluding hydrogens is 272 g/mol. The molecule has 6 heteroatoms. The summed E-state index contributed by atoms with van der Waals surface area (Å²) < 4.78 is 4.26. The Labute approximate surface area is 124 Å². The van der Waals surface area contributed by atoms with Crippen molar-refractivity contribution in [3.63, 3.8) is 0 Å². The third kappa shape index (κ3) is 2.66. The molecule has 2 heterocycles. The molecule has 5 nitrogen and oxygen atoms in total. The number of anilines is 1. The average molecular weight is 294 g/mol. The van der Waals surface area contributed by atoms with E-state index >= 15 is 0 Å². The first kappa shape index (κ1) is 13.8. The average Bonchev–Trinajstić information content (AvgIpc) is 2.83. The van der Waals surface area contributed by atoms with E-state index in [0.29, 0.717) is 17.9 Å². The molecule has 0 N–H and O–H groups in total. The predicted octanol–water partition coefficient (Wildman–Crippen LogP) is 2.07. The SMILES string of the molecule is Cc1nsc(N2CCCC(N(C)C(=O)C3CCC3)C2)n1. The first-order chi connectivity index (χ1) is 9.65. The highest BCUT2D eigenvalue weighted by atomic mass is 32.1. The molecule has 1 unspecified atom stereocenters.